The lowest BCUT2D eigenvalue weighted by atomic mass is 10.1. The van der Waals surface area contributed by atoms with Gasteiger partial charge < -0.3 is 0 Å². The molecule has 1 aromatic carbocycles. The van der Waals surface area contributed by atoms with E-state index in [2.05, 4.69) is 18.6 Å². The molecule has 0 aliphatic rings. The molecule has 1 atom stereocenters. The van der Waals surface area contributed by atoms with Crippen molar-refractivity contribution in [2.75, 3.05) is 0 Å². The number of carbonyl (C=O) groups is 1. The third-order valence-corrected chi connectivity index (χ3v) is 4.62. The second kappa shape index (κ2) is 10.6. The lowest BCUT2D eigenvalue weighted by molar-refractivity contribution is -0.119. The zero-order chi connectivity index (χ0) is 15.5. The number of hydrogen-bond donors (Lipinski definition) is 1. The second-order valence-electron chi connectivity index (χ2n) is 5.31. The van der Waals surface area contributed by atoms with Crippen LogP contribution in [-0.4, -0.2) is 10.1 Å². The first-order valence-electron chi connectivity index (χ1n) is 7.97. The van der Waals surface area contributed by atoms with Crippen LogP contribution < -0.4 is 4.72 Å². The van der Waals surface area contributed by atoms with Crippen molar-refractivity contribution in [2.45, 2.75) is 70.1 Å². The molecule has 1 N–H and O–H groups in total. The topological polar surface area (TPSA) is 46.2 Å². The van der Waals surface area contributed by atoms with Gasteiger partial charge in [0.05, 0.1) is 4.90 Å². The predicted octanol–water partition coefficient (Wildman–Crippen LogP) is 4.14. The normalized spacial score (nSPS) is 12.1. The Labute approximate surface area is 131 Å². The molecule has 0 saturated heterocycles. The zero-order valence-corrected chi connectivity index (χ0v) is 14.0. The van der Waals surface area contributed by atoms with Gasteiger partial charge in [-0.1, -0.05) is 58.1 Å². The molecular formula is C17H27NO2S. The number of rotatable bonds is 10. The molecule has 1 unspecified atom stereocenters. The van der Waals surface area contributed by atoms with E-state index < -0.39 is 11.0 Å². The van der Waals surface area contributed by atoms with Crippen molar-refractivity contribution in [3.05, 3.63) is 29.8 Å². The van der Waals surface area contributed by atoms with Crippen molar-refractivity contribution in [1.82, 2.24) is 4.72 Å². The Hall–Kier alpha value is -1.16. The van der Waals surface area contributed by atoms with E-state index in [4.69, 9.17) is 0 Å². The monoisotopic (exact) mass is 309 g/mol. The van der Waals surface area contributed by atoms with Crippen LogP contribution in [0, 0.1) is 0 Å². The zero-order valence-electron chi connectivity index (χ0n) is 13.2. The van der Waals surface area contributed by atoms with Gasteiger partial charge in [-0.05, 0) is 30.5 Å². The van der Waals surface area contributed by atoms with Gasteiger partial charge in [0.2, 0.25) is 5.91 Å². The van der Waals surface area contributed by atoms with Gasteiger partial charge in [-0.15, -0.1) is 0 Å². The van der Waals surface area contributed by atoms with E-state index in [1.54, 1.807) is 0 Å². The third-order valence-electron chi connectivity index (χ3n) is 3.51. The summed E-state index contributed by atoms with van der Waals surface area (Å²) in [5.74, 6) is -0.122. The van der Waals surface area contributed by atoms with E-state index in [0.717, 1.165) is 19.3 Å². The van der Waals surface area contributed by atoms with Gasteiger partial charge in [-0.25, -0.2) is 4.21 Å². The van der Waals surface area contributed by atoms with Crippen LogP contribution in [-0.2, 0) is 22.2 Å². The van der Waals surface area contributed by atoms with Crippen molar-refractivity contribution in [3.63, 3.8) is 0 Å². The molecule has 0 aromatic heterocycles. The van der Waals surface area contributed by atoms with E-state index in [1.807, 2.05) is 24.3 Å². The van der Waals surface area contributed by atoms with Crippen LogP contribution in [0.25, 0.3) is 0 Å². The molecule has 1 rings (SSSR count). The number of nitrogens with one attached hydrogen (secondary N) is 1. The van der Waals surface area contributed by atoms with Gasteiger partial charge in [0, 0.05) is 6.42 Å². The van der Waals surface area contributed by atoms with Crippen LogP contribution in [0.4, 0.5) is 0 Å². The Bertz CT molecular complexity index is 443. The first-order valence-corrected chi connectivity index (χ1v) is 9.12. The molecule has 0 radical (unpaired) electrons. The van der Waals surface area contributed by atoms with Crippen molar-refractivity contribution >= 4 is 16.9 Å². The third kappa shape index (κ3) is 7.42. The Morgan fingerprint density at radius 2 is 1.62 bits per heavy atom. The largest absolute Gasteiger partial charge is 0.274 e. The molecule has 4 heteroatoms. The Balaban J connectivity index is 2.25. The molecule has 21 heavy (non-hydrogen) atoms. The number of carbonyl (C=O) groups excluding carboxylic acids is 1. The summed E-state index contributed by atoms with van der Waals surface area (Å²) in [5.41, 5.74) is 1.20. The van der Waals surface area contributed by atoms with Crippen LogP contribution in [0.5, 0.6) is 0 Å². The first kappa shape index (κ1) is 17.9. The van der Waals surface area contributed by atoms with Gasteiger partial charge in [0.25, 0.3) is 0 Å². The molecule has 0 aliphatic heterocycles. The molecule has 3 nitrogen and oxygen atoms in total. The number of unbranched alkanes of at least 4 members (excludes halogenated alkanes) is 5. The summed E-state index contributed by atoms with van der Waals surface area (Å²) in [6, 6.07) is 7.54. The fraction of sp³-hybridized carbons (Fsp3) is 0.588. The maximum atomic E-state index is 12.0. The van der Waals surface area contributed by atoms with Gasteiger partial charge in [0.15, 0.2) is 11.0 Å². The standard InChI is InChI=1S/C17H27NO2S/c1-3-5-6-7-8-9-10-17(19)18-21(20)16-13-11-15(4-2)12-14-16/h11-14H,3-10H2,1-2H3,(H,18,19). The van der Waals surface area contributed by atoms with Crippen molar-refractivity contribution in [2.24, 2.45) is 0 Å². The minimum absolute atomic E-state index is 0.122. The van der Waals surface area contributed by atoms with Crippen LogP contribution in [0.1, 0.15) is 64.4 Å². The van der Waals surface area contributed by atoms with Crippen molar-refractivity contribution in [3.8, 4) is 0 Å². The second-order valence-corrected chi connectivity index (χ2v) is 6.52. The molecule has 1 aromatic rings. The van der Waals surface area contributed by atoms with E-state index in [9.17, 15) is 9.00 Å². The Morgan fingerprint density at radius 1 is 1.00 bits per heavy atom. The van der Waals surface area contributed by atoms with Crippen LogP contribution in [0.2, 0.25) is 0 Å². The minimum atomic E-state index is -1.43. The van der Waals surface area contributed by atoms with Crippen LogP contribution >= 0.6 is 0 Å². The molecule has 118 valence electrons. The number of benzene rings is 1. The van der Waals surface area contributed by atoms with E-state index in [1.165, 1.54) is 31.2 Å². The molecule has 0 fully saturated rings. The number of hydrogen-bond acceptors (Lipinski definition) is 2. The molecule has 1 amide bonds. The van der Waals surface area contributed by atoms with Gasteiger partial charge in [-0.3, -0.25) is 9.52 Å². The molecule has 0 bridgehead atoms. The maximum Gasteiger partial charge on any atom is 0.231 e. The molecule has 0 heterocycles. The van der Waals surface area contributed by atoms with Gasteiger partial charge in [0.1, 0.15) is 0 Å². The number of amides is 1. The maximum absolute atomic E-state index is 12.0. The lowest BCUT2D eigenvalue weighted by Crippen LogP contribution is -2.25. The fourth-order valence-electron chi connectivity index (χ4n) is 2.13. The van der Waals surface area contributed by atoms with E-state index >= 15 is 0 Å². The Morgan fingerprint density at radius 3 is 2.24 bits per heavy atom. The molecular weight excluding hydrogens is 282 g/mol. The van der Waals surface area contributed by atoms with Gasteiger partial charge in [-0.2, -0.15) is 0 Å². The van der Waals surface area contributed by atoms with Crippen LogP contribution in [0.3, 0.4) is 0 Å². The highest BCUT2D eigenvalue weighted by atomic mass is 32.2. The smallest absolute Gasteiger partial charge is 0.231 e. The predicted molar refractivity (Wildman–Crippen MR) is 88.4 cm³/mol. The lowest BCUT2D eigenvalue weighted by Gasteiger charge is -2.06. The minimum Gasteiger partial charge on any atom is -0.274 e. The molecule has 0 saturated carbocycles. The fourth-order valence-corrected chi connectivity index (χ4v) is 2.94. The Kier molecular flexibility index (Phi) is 8.99. The number of aryl methyl sites for hydroxylation is 1. The quantitative estimate of drug-likeness (QED) is 0.660. The van der Waals surface area contributed by atoms with E-state index in [-0.39, 0.29) is 5.91 Å². The van der Waals surface area contributed by atoms with Gasteiger partial charge >= 0.3 is 0 Å². The van der Waals surface area contributed by atoms with Crippen molar-refractivity contribution < 1.29 is 9.00 Å². The summed E-state index contributed by atoms with van der Waals surface area (Å²) in [6.07, 6.45) is 8.30. The highest BCUT2D eigenvalue weighted by molar-refractivity contribution is 7.83. The molecule has 0 aliphatic carbocycles. The highest BCUT2D eigenvalue weighted by Crippen LogP contribution is 2.09. The summed E-state index contributed by atoms with van der Waals surface area (Å²) in [7, 11) is -1.43. The first-order chi connectivity index (χ1) is 10.2. The summed E-state index contributed by atoms with van der Waals surface area (Å²) >= 11 is 0. The SMILES string of the molecule is CCCCCCCCC(=O)NS(=O)c1ccc(CC)cc1. The van der Waals surface area contributed by atoms with E-state index in [0.29, 0.717) is 11.3 Å². The average molecular weight is 309 g/mol. The summed E-state index contributed by atoms with van der Waals surface area (Å²) < 4.78 is 14.6. The van der Waals surface area contributed by atoms with Crippen LogP contribution in [0.15, 0.2) is 29.2 Å². The average Bonchev–Trinajstić information content (AvgIpc) is 2.50. The molecule has 0 spiro atoms. The summed E-state index contributed by atoms with van der Waals surface area (Å²) in [4.78, 5) is 12.4. The van der Waals surface area contributed by atoms with Crippen molar-refractivity contribution in [1.29, 1.82) is 0 Å². The summed E-state index contributed by atoms with van der Waals surface area (Å²) in [6.45, 7) is 4.27. The summed E-state index contributed by atoms with van der Waals surface area (Å²) in [5, 5.41) is 0. The highest BCUT2D eigenvalue weighted by Gasteiger charge is 2.08.